The summed E-state index contributed by atoms with van der Waals surface area (Å²) in [5, 5.41) is 4.35. The Morgan fingerprint density at radius 2 is 1.11 bits per heavy atom. The molecule has 0 saturated heterocycles. The molecule has 46 heavy (non-hydrogen) atoms. The molecule has 9 rings (SSSR count). The maximum atomic E-state index is 14.2. The SMILES string of the molecule is Fc1ccc(N(c2ccccc2-c2cccc3c2oc2c4ccccc4n(-c4ccccc4)c32)c2cccc3ccccc23)cc1. The van der Waals surface area contributed by atoms with Crippen molar-refractivity contribution >= 4 is 60.8 Å². The summed E-state index contributed by atoms with van der Waals surface area (Å²) < 4.78 is 23.4. The number of anilines is 3. The summed E-state index contributed by atoms with van der Waals surface area (Å²) in [6, 6.07) is 55.0. The number of nitrogens with zero attached hydrogens (tertiary/aromatic N) is 2. The Morgan fingerprint density at radius 3 is 1.98 bits per heavy atom. The van der Waals surface area contributed by atoms with Gasteiger partial charge in [-0.05, 0) is 72.1 Å². The monoisotopic (exact) mass is 594 g/mol. The zero-order chi connectivity index (χ0) is 30.6. The summed E-state index contributed by atoms with van der Waals surface area (Å²) in [7, 11) is 0. The Balaban J connectivity index is 1.33. The Hall–Kier alpha value is -6.13. The molecule has 4 heteroatoms. The van der Waals surface area contributed by atoms with Crippen LogP contribution in [0.15, 0.2) is 168 Å². The lowest BCUT2D eigenvalue weighted by atomic mass is 9.99. The van der Waals surface area contributed by atoms with E-state index in [0.29, 0.717) is 0 Å². The zero-order valence-corrected chi connectivity index (χ0v) is 24.8. The van der Waals surface area contributed by atoms with Gasteiger partial charge in [-0.15, -0.1) is 0 Å². The first kappa shape index (κ1) is 26.3. The van der Waals surface area contributed by atoms with Crippen LogP contribution in [0.5, 0.6) is 0 Å². The van der Waals surface area contributed by atoms with E-state index in [9.17, 15) is 4.39 Å². The predicted molar refractivity (Wildman–Crippen MR) is 188 cm³/mol. The molecule has 0 fully saturated rings. The fourth-order valence-electron chi connectivity index (χ4n) is 6.85. The van der Waals surface area contributed by atoms with Crippen molar-refractivity contribution < 1.29 is 8.81 Å². The van der Waals surface area contributed by atoms with Crippen molar-refractivity contribution in [3.63, 3.8) is 0 Å². The van der Waals surface area contributed by atoms with Gasteiger partial charge in [0.1, 0.15) is 16.9 Å². The van der Waals surface area contributed by atoms with Crippen LogP contribution in [0.2, 0.25) is 0 Å². The number of fused-ring (bicyclic) bond motifs is 6. The number of halogens is 1. The summed E-state index contributed by atoms with van der Waals surface area (Å²) in [5.41, 5.74) is 9.77. The van der Waals surface area contributed by atoms with Crippen LogP contribution in [-0.2, 0) is 0 Å². The van der Waals surface area contributed by atoms with E-state index < -0.39 is 0 Å². The van der Waals surface area contributed by atoms with Crippen molar-refractivity contribution in [2.24, 2.45) is 0 Å². The van der Waals surface area contributed by atoms with Gasteiger partial charge in [-0.1, -0.05) is 97.1 Å². The number of furan rings is 1. The molecule has 0 aliphatic rings. The van der Waals surface area contributed by atoms with Gasteiger partial charge in [-0.2, -0.15) is 0 Å². The molecule has 3 nitrogen and oxygen atoms in total. The van der Waals surface area contributed by atoms with Crippen molar-refractivity contribution in [2.75, 3.05) is 4.90 Å². The largest absolute Gasteiger partial charge is 0.453 e. The summed E-state index contributed by atoms with van der Waals surface area (Å²) in [5.74, 6) is -0.270. The fourth-order valence-corrected chi connectivity index (χ4v) is 6.85. The summed E-state index contributed by atoms with van der Waals surface area (Å²) in [4.78, 5) is 2.22. The number of aromatic nitrogens is 1. The second-order valence-electron chi connectivity index (χ2n) is 11.5. The van der Waals surface area contributed by atoms with Crippen molar-refractivity contribution in [3.05, 3.63) is 170 Å². The molecule has 0 unspecified atom stereocenters. The van der Waals surface area contributed by atoms with Gasteiger partial charge in [0.2, 0.25) is 0 Å². The highest BCUT2D eigenvalue weighted by atomic mass is 19.1. The second kappa shape index (κ2) is 10.5. The van der Waals surface area contributed by atoms with Crippen LogP contribution in [0.25, 0.3) is 60.6 Å². The lowest BCUT2D eigenvalue weighted by Crippen LogP contribution is -2.11. The normalized spacial score (nSPS) is 11.6. The van der Waals surface area contributed by atoms with Crippen LogP contribution in [0.3, 0.4) is 0 Å². The molecule has 0 bridgehead atoms. The molecule has 0 aliphatic heterocycles. The number of para-hydroxylation sites is 4. The average Bonchev–Trinajstić information content (AvgIpc) is 3.65. The lowest BCUT2D eigenvalue weighted by Gasteiger charge is -2.29. The summed E-state index contributed by atoms with van der Waals surface area (Å²) in [6.07, 6.45) is 0. The van der Waals surface area contributed by atoms with E-state index in [1.165, 1.54) is 12.1 Å². The van der Waals surface area contributed by atoms with Gasteiger partial charge in [0.15, 0.2) is 5.58 Å². The quantitative estimate of drug-likeness (QED) is 0.198. The van der Waals surface area contributed by atoms with E-state index in [4.69, 9.17) is 4.42 Å². The third kappa shape index (κ3) is 4.04. The molecule has 0 spiro atoms. The van der Waals surface area contributed by atoms with E-state index in [2.05, 4.69) is 143 Å². The highest BCUT2D eigenvalue weighted by molar-refractivity contribution is 6.19. The van der Waals surface area contributed by atoms with Gasteiger partial charge >= 0.3 is 0 Å². The number of rotatable bonds is 5. The Kier molecular flexibility index (Phi) is 6.00. The number of benzene rings is 7. The molecule has 0 atom stereocenters. The lowest BCUT2D eigenvalue weighted by molar-refractivity contribution is 0.628. The van der Waals surface area contributed by atoms with Crippen molar-refractivity contribution in [1.29, 1.82) is 0 Å². The number of hydrogen-bond acceptors (Lipinski definition) is 2. The minimum Gasteiger partial charge on any atom is -0.453 e. The number of hydrogen-bond donors (Lipinski definition) is 0. The maximum absolute atomic E-state index is 14.2. The van der Waals surface area contributed by atoms with E-state index in [1.807, 2.05) is 18.2 Å². The molecule has 0 aliphatic carbocycles. The van der Waals surface area contributed by atoms with E-state index in [1.54, 1.807) is 0 Å². The summed E-state index contributed by atoms with van der Waals surface area (Å²) >= 11 is 0. The van der Waals surface area contributed by atoms with Gasteiger partial charge < -0.3 is 13.9 Å². The molecule has 0 amide bonds. The highest BCUT2D eigenvalue weighted by Gasteiger charge is 2.24. The molecule has 2 aromatic heterocycles. The van der Waals surface area contributed by atoms with Gasteiger partial charge in [0.25, 0.3) is 0 Å². The van der Waals surface area contributed by atoms with Gasteiger partial charge in [0, 0.05) is 38.7 Å². The Morgan fingerprint density at radius 1 is 0.478 bits per heavy atom. The molecule has 9 aromatic rings. The topological polar surface area (TPSA) is 21.3 Å². The molecule has 0 radical (unpaired) electrons. The first-order chi connectivity index (χ1) is 22.8. The molecular weight excluding hydrogens is 567 g/mol. The highest BCUT2D eigenvalue weighted by Crippen LogP contribution is 2.47. The third-order valence-corrected chi connectivity index (χ3v) is 8.84. The molecule has 2 heterocycles. The molecule has 0 N–H and O–H groups in total. The minimum absolute atomic E-state index is 0.270. The van der Waals surface area contributed by atoms with Crippen molar-refractivity contribution in [2.45, 2.75) is 0 Å². The first-order valence-corrected chi connectivity index (χ1v) is 15.4. The van der Waals surface area contributed by atoms with Crippen LogP contribution in [-0.4, -0.2) is 4.57 Å². The van der Waals surface area contributed by atoms with Gasteiger partial charge in [0.05, 0.1) is 16.9 Å². The van der Waals surface area contributed by atoms with Crippen LogP contribution >= 0.6 is 0 Å². The van der Waals surface area contributed by atoms with Crippen LogP contribution in [0, 0.1) is 5.82 Å². The summed E-state index contributed by atoms with van der Waals surface area (Å²) in [6.45, 7) is 0. The smallest absolute Gasteiger partial charge is 0.161 e. The van der Waals surface area contributed by atoms with E-state index in [-0.39, 0.29) is 5.82 Å². The fraction of sp³-hybridized carbons (Fsp3) is 0. The van der Waals surface area contributed by atoms with E-state index >= 15 is 0 Å². The van der Waals surface area contributed by atoms with Crippen LogP contribution in [0.1, 0.15) is 0 Å². The van der Waals surface area contributed by atoms with E-state index in [0.717, 1.165) is 77.6 Å². The standard InChI is InChI=1S/C42H27FN2O/c43-29-24-26-31(27-25-29)44(37-23-10-13-28-12-4-5-16-32(28)37)38-21-8-6-17-33(38)34-19-11-20-36-40-42(46-41(34)36)35-18-7-9-22-39(35)45(40)30-14-2-1-3-15-30/h1-27H. The van der Waals surface area contributed by atoms with Crippen molar-refractivity contribution in [1.82, 2.24) is 4.57 Å². The Bertz CT molecular complexity index is 2540. The molecular formula is C42H27FN2O. The second-order valence-corrected chi connectivity index (χ2v) is 11.5. The van der Waals surface area contributed by atoms with Gasteiger partial charge in [-0.3, -0.25) is 0 Å². The van der Waals surface area contributed by atoms with Gasteiger partial charge in [-0.25, -0.2) is 4.39 Å². The molecule has 218 valence electrons. The van der Waals surface area contributed by atoms with Crippen molar-refractivity contribution in [3.8, 4) is 16.8 Å². The maximum Gasteiger partial charge on any atom is 0.161 e. The third-order valence-electron chi connectivity index (χ3n) is 8.84. The first-order valence-electron chi connectivity index (χ1n) is 15.4. The molecule has 7 aromatic carbocycles. The predicted octanol–water partition coefficient (Wildman–Crippen LogP) is 12.0. The Labute approximate surface area is 265 Å². The van der Waals surface area contributed by atoms with Crippen LogP contribution < -0.4 is 4.90 Å². The average molecular weight is 595 g/mol. The molecule has 0 saturated carbocycles. The minimum atomic E-state index is -0.270. The van der Waals surface area contributed by atoms with Crippen LogP contribution in [0.4, 0.5) is 21.5 Å². The zero-order valence-electron chi connectivity index (χ0n) is 24.8.